The number of nitrogens with zero attached hydrogens (tertiary/aromatic N) is 2. The number of carbonyl (C=O) groups excluding carboxylic acids is 1. The van der Waals surface area contributed by atoms with Gasteiger partial charge >= 0.3 is 5.97 Å². The minimum absolute atomic E-state index is 0.289. The van der Waals surface area contributed by atoms with E-state index in [1.54, 1.807) is 20.4 Å². The Hall–Kier alpha value is -2.02. The topological polar surface area (TPSA) is 62.6 Å². The fourth-order valence-corrected chi connectivity index (χ4v) is 2.72. The molecule has 0 amide bonds. The van der Waals surface area contributed by atoms with Crippen LogP contribution in [0.5, 0.6) is 11.5 Å². The van der Waals surface area contributed by atoms with Crippen LogP contribution < -0.4 is 9.47 Å². The van der Waals surface area contributed by atoms with E-state index < -0.39 is 5.97 Å². The van der Waals surface area contributed by atoms with Gasteiger partial charge in [-0.15, -0.1) is 0 Å². The monoisotopic (exact) mass is 368 g/mol. The third-order valence-electron chi connectivity index (χ3n) is 3.28. The highest BCUT2D eigenvalue weighted by molar-refractivity contribution is 9.10. The van der Waals surface area contributed by atoms with Gasteiger partial charge in [-0.2, -0.15) is 0 Å². The Labute approximate surface area is 137 Å². The predicted molar refractivity (Wildman–Crippen MR) is 84.7 cm³/mol. The van der Waals surface area contributed by atoms with Crippen LogP contribution in [0.15, 0.2) is 22.8 Å². The van der Waals surface area contributed by atoms with Crippen molar-refractivity contribution in [2.75, 3.05) is 21.3 Å². The summed E-state index contributed by atoms with van der Waals surface area (Å²) < 4.78 is 18.0. The van der Waals surface area contributed by atoms with Gasteiger partial charge in [0.15, 0.2) is 17.2 Å². The highest BCUT2D eigenvalue weighted by Gasteiger charge is 2.16. The second-order valence-electron chi connectivity index (χ2n) is 4.57. The maximum Gasteiger partial charge on any atom is 0.358 e. The lowest BCUT2D eigenvalue weighted by atomic mass is 10.2. The molecule has 0 saturated heterocycles. The van der Waals surface area contributed by atoms with E-state index in [0.29, 0.717) is 18.0 Å². The number of hydrogen-bond donors (Lipinski definition) is 0. The number of aryl methyl sites for hydroxylation is 1. The molecule has 0 spiro atoms. The fourth-order valence-electron chi connectivity index (χ4n) is 2.11. The van der Waals surface area contributed by atoms with E-state index in [1.165, 1.54) is 7.11 Å². The van der Waals surface area contributed by atoms with Gasteiger partial charge in [0.05, 0.1) is 32.3 Å². The molecule has 2 aromatic rings. The number of methoxy groups -OCH3 is 3. The Morgan fingerprint density at radius 2 is 2.00 bits per heavy atom. The number of carbonyl (C=O) groups is 1. The summed E-state index contributed by atoms with van der Waals surface area (Å²) >= 11 is 3.53. The second-order valence-corrected chi connectivity index (χ2v) is 5.36. The van der Waals surface area contributed by atoms with Crippen LogP contribution in [-0.2, 0) is 11.3 Å². The number of ether oxygens (including phenoxy) is 3. The lowest BCUT2D eigenvalue weighted by molar-refractivity contribution is 0.0594. The average Bonchev–Trinajstić information content (AvgIpc) is 2.89. The fraction of sp³-hybridized carbons (Fsp3) is 0.333. The SMILES string of the molecule is COC(=O)c1cn(Cc2ccc(OC)c(OC)c2Br)c(C)n1. The molecule has 0 aliphatic rings. The zero-order valence-electron chi connectivity index (χ0n) is 12.8. The molecule has 118 valence electrons. The molecule has 0 fully saturated rings. The summed E-state index contributed by atoms with van der Waals surface area (Å²) in [6, 6.07) is 3.77. The van der Waals surface area contributed by atoms with E-state index in [9.17, 15) is 4.79 Å². The van der Waals surface area contributed by atoms with E-state index in [2.05, 4.69) is 25.7 Å². The van der Waals surface area contributed by atoms with E-state index in [1.807, 2.05) is 23.6 Å². The summed E-state index contributed by atoms with van der Waals surface area (Å²) in [6.07, 6.45) is 1.67. The Kier molecular flexibility index (Phi) is 5.07. The predicted octanol–water partition coefficient (Wildman–Crippen LogP) is 2.81. The van der Waals surface area contributed by atoms with Crippen molar-refractivity contribution >= 4 is 21.9 Å². The van der Waals surface area contributed by atoms with Crippen molar-refractivity contribution in [2.45, 2.75) is 13.5 Å². The van der Waals surface area contributed by atoms with Gasteiger partial charge in [0.1, 0.15) is 5.82 Å². The molecule has 0 aliphatic heterocycles. The molecule has 0 saturated carbocycles. The molecule has 6 nitrogen and oxygen atoms in total. The number of esters is 1. The Morgan fingerprint density at radius 3 is 2.59 bits per heavy atom. The van der Waals surface area contributed by atoms with Gasteiger partial charge in [-0.25, -0.2) is 9.78 Å². The summed E-state index contributed by atoms with van der Waals surface area (Å²) in [7, 11) is 4.51. The van der Waals surface area contributed by atoms with Crippen molar-refractivity contribution in [3.63, 3.8) is 0 Å². The third-order valence-corrected chi connectivity index (χ3v) is 4.15. The van der Waals surface area contributed by atoms with Gasteiger partial charge in [0.2, 0.25) is 0 Å². The first-order chi connectivity index (χ1) is 10.5. The van der Waals surface area contributed by atoms with Gasteiger partial charge in [-0.3, -0.25) is 0 Å². The Balaban J connectivity index is 2.35. The molecule has 1 heterocycles. The van der Waals surface area contributed by atoms with Crippen LogP contribution >= 0.6 is 15.9 Å². The van der Waals surface area contributed by atoms with E-state index >= 15 is 0 Å². The lowest BCUT2D eigenvalue weighted by Gasteiger charge is -2.14. The van der Waals surface area contributed by atoms with Crippen molar-refractivity contribution in [3.8, 4) is 11.5 Å². The zero-order chi connectivity index (χ0) is 16.3. The summed E-state index contributed by atoms with van der Waals surface area (Å²) in [4.78, 5) is 15.7. The largest absolute Gasteiger partial charge is 0.493 e. The number of halogens is 1. The van der Waals surface area contributed by atoms with Gasteiger partial charge in [-0.1, -0.05) is 6.07 Å². The van der Waals surface area contributed by atoms with Gasteiger partial charge < -0.3 is 18.8 Å². The molecule has 1 aromatic heterocycles. The van der Waals surface area contributed by atoms with Crippen LogP contribution in [0, 0.1) is 6.92 Å². The standard InChI is InChI=1S/C15H17BrN2O4/c1-9-17-11(15(19)22-4)8-18(9)7-10-5-6-12(20-2)14(21-3)13(10)16/h5-6,8H,7H2,1-4H3. The quantitative estimate of drug-likeness (QED) is 0.759. The maximum absolute atomic E-state index is 11.5. The molecule has 1 aromatic carbocycles. The zero-order valence-corrected chi connectivity index (χ0v) is 14.4. The molecule has 0 bridgehead atoms. The number of benzene rings is 1. The lowest BCUT2D eigenvalue weighted by Crippen LogP contribution is -2.03. The Bertz CT molecular complexity index is 697. The minimum Gasteiger partial charge on any atom is -0.493 e. The van der Waals surface area contributed by atoms with Crippen LogP contribution in [0.1, 0.15) is 21.9 Å². The van der Waals surface area contributed by atoms with Crippen LogP contribution in [0.25, 0.3) is 0 Å². The normalized spacial score (nSPS) is 10.4. The van der Waals surface area contributed by atoms with E-state index in [0.717, 1.165) is 15.9 Å². The number of rotatable bonds is 5. The molecule has 0 radical (unpaired) electrons. The summed E-state index contributed by atoms with van der Waals surface area (Å²) in [6.45, 7) is 2.37. The molecule has 2 rings (SSSR count). The first-order valence-corrected chi connectivity index (χ1v) is 7.32. The third kappa shape index (κ3) is 3.09. The summed E-state index contributed by atoms with van der Waals surface area (Å²) in [5.41, 5.74) is 1.27. The van der Waals surface area contributed by atoms with Crippen molar-refractivity contribution in [2.24, 2.45) is 0 Å². The second kappa shape index (κ2) is 6.83. The Morgan fingerprint density at radius 1 is 1.27 bits per heavy atom. The van der Waals surface area contributed by atoms with Crippen LogP contribution in [0.3, 0.4) is 0 Å². The number of aromatic nitrogens is 2. The summed E-state index contributed by atoms with van der Waals surface area (Å²) in [5, 5.41) is 0. The van der Waals surface area contributed by atoms with Crippen molar-refractivity contribution in [1.29, 1.82) is 0 Å². The smallest absolute Gasteiger partial charge is 0.358 e. The first-order valence-electron chi connectivity index (χ1n) is 6.53. The molecular weight excluding hydrogens is 352 g/mol. The molecule has 22 heavy (non-hydrogen) atoms. The molecule has 0 aliphatic carbocycles. The van der Waals surface area contributed by atoms with Crippen LogP contribution in [0.2, 0.25) is 0 Å². The minimum atomic E-state index is -0.451. The van der Waals surface area contributed by atoms with Crippen LogP contribution in [-0.4, -0.2) is 36.8 Å². The molecule has 0 atom stereocenters. The van der Waals surface area contributed by atoms with E-state index in [-0.39, 0.29) is 5.69 Å². The maximum atomic E-state index is 11.5. The van der Waals surface area contributed by atoms with Gasteiger partial charge in [0, 0.05) is 6.20 Å². The molecule has 0 N–H and O–H groups in total. The highest BCUT2D eigenvalue weighted by Crippen LogP contribution is 2.37. The van der Waals surface area contributed by atoms with E-state index in [4.69, 9.17) is 9.47 Å². The molecule has 0 unspecified atom stereocenters. The molecular formula is C15H17BrN2O4. The van der Waals surface area contributed by atoms with Gasteiger partial charge in [0.25, 0.3) is 0 Å². The van der Waals surface area contributed by atoms with Crippen molar-refractivity contribution < 1.29 is 19.0 Å². The molecule has 7 heteroatoms. The van der Waals surface area contributed by atoms with Gasteiger partial charge in [-0.05, 0) is 34.5 Å². The number of hydrogen-bond acceptors (Lipinski definition) is 5. The number of imidazole rings is 1. The average molecular weight is 369 g/mol. The highest BCUT2D eigenvalue weighted by atomic mass is 79.9. The van der Waals surface area contributed by atoms with Crippen molar-refractivity contribution in [1.82, 2.24) is 9.55 Å². The first kappa shape index (κ1) is 16.4. The summed E-state index contributed by atoms with van der Waals surface area (Å²) in [5.74, 6) is 1.55. The van der Waals surface area contributed by atoms with Crippen LogP contribution in [0.4, 0.5) is 0 Å². The van der Waals surface area contributed by atoms with Crippen molar-refractivity contribution in [3.05, 3.63) is 39.9 Å².